The van der Waals surface area contributed by atoms with E-state index in [0.717, 1.165) is 38.8 Å². The zero-order chi connectivity index (χ0) is 32.1. The predicted octanol–water partition coefficient (Wildman–Crippen LogP) is 6.12. The van der Waals surface area contributed by atoms with Gasteiger partial charge in [-0.05, 0) is 93.7 Å². The fourth-order valence-electron chi connectivity index (χ4n) is 11.2. The van der Waals surface area contributed by atoms with Crippen LogP contribution >= 0.6 is 0 Å². The number of likely N-dealkylation sites (N-methyl/N-ethyl adjacent to an activating group) is 1. The van der Waals surface area contributed by atoms with Crippen molar-refractivity contribution in [3.63, 3.8) is 0 Å². The molecule has 10 rings (SSSR count). The van der Waals surface area contributed by atoms with E-state index in [9.17, 15) is 9.90 Å². The second-order valence-corrected chi connectivity index (χ2v) is 15.5. The minimum absolute atomic E-state index is 0.0764. The zero-order valence-corrected chi connectivity index (χ0v) is 28.1. The van der Waals surface area contributed by atoms with E-state index in [0.29, 0.717) is 23.8 Å². The zero-order valence-electron chi connectivity index (χ0n) is 28.1. The number of hydrogen-bond acceptors (Lipinski definition) is 5. The second-order valence-electron chi connectivity index (χ2n) is 15.5. The maximum atomic E-state index is 13.6. The number of aliphatic hydroxyl groups excluding tert-OH is 1. The molecule has 1 saturated carbocycles. The van der Waals surface area contributed by atoms with Crippen LogP contribution in [0.2, 0.25) is 0 Å². The molecule has 6 heterocycles. The van der Waals surface area contributed by atoms with Gasteiger partial charge in [-0.2, -0.15) is 0 Å². The van der Waals surface area contributed by atoms with E-state index in [1.54, 1.807) is 7.11 Å². The molecule has 7 heteroatoms. The molecule has 2 aromatic heterocycles. The number of aliphatic hydroxyl groups is 1. The summed E-state index contributed by atoms with van der Waals surface area (Å²) in [7, 11) is 3.71. The number of likely N-dealkylation sites (tertiary alicyclic amines) is 1. The molecule has 246 valence electrons. The molecule has 0 amide bonds. The fourth-order valence-corrected chi connectivity index (χ4v) is 11.2. The molecule has 2 unspecified atom stereocenters. The summed E-state index contributed by atoms with van der Waals surface area (Å²) in [5.74, 6) is 1.37. The van der Waals surface area contributed by atoms with Crippen molar-refractivity contribution < 1.29 is 14.6 Å². The van der Waals surface area contributed by atoms with Gasteiger partial charge in [0.1, 0.15) is 0 Å². The highest BCUT2D eigenvalue weighted by molar-refractivity contribution is 5.88. The highest BCUT2D eigenvalue weighted by atomic mass is 16.5. The molecule has 0 spiro atoms. The number of hydrogen-bond donors (Lipinski definition) is 3. The van der Waals surface area contributed by atoms with Gasteiger partial charge in [-0.15, -0.1) is 0 Å². The lowest BCUT2D eigenvalue weighted by atomic mass is 9.64. The average molecular weight is 633 g/mol. The lowest BCUT2D eigenvalue weighted by Crippen LogP contribution is -2.58. The van der Waals surface area contributed by atoms with Crippen LogP contribution in [-0.2, 0) is 22.4 Å². The van der Waals surface area contributed by atoms with Gasteiger partial charge in [-0.1, -0.05) is 42.0 Å². The number of piperidine rings is 3. The Kier molecular flexibility index (Phi) is 7.01. The lowest BCUT2D eigenvalue weighted by Gasteiger charge is -2.54. The van der Waals surface area contributed by atoms with E-state index in [1.807, 2.05) is 6.92 Å². The minimum atomic E-state index is -0.273. The maximum Gasteiger partial charge on any atom is 0.310 e. The summed E-state index contributed by atoms with van der Waals surface area (Å²) in [5.41, 5.74) is 10.6. The number of nitrogens with one attached hydrogen (secondary N) is 2. The molecule has 4 fully saturated rings. The molecular formula is C40H48N4O3. The molecule has 0 radical (unpaired) electrons. The van der Waals surface area contributed by atoms with Gasteiger partial charge in [0.2, 0.25) is 0 Å². The summed E-state index contributed by atoms with van der Waals surface area (Å²) in [6.07, 6.45) is 7.06. The molecule has 6 aliphatic rings. The van der Waals surface area contributed by atoms with Crippen molar-refractivity contribution in [1.82, 2.24) is 19.8 Å². The Morgan fingerprint density at radius 2 is 1.83 bits per heavy atom. The van der Waals surface area contributed by atoms with Gasteiger partial charge in [-0.25, -0.2) is 0 Å². The predicted molar refractivity (Wildman–Crippen MR) is 186 cm³/mol. The van der Waals surface area contributed by atoms with E-state index in [1.165, 1.54) is 68.4 Å². The van der Waals surface area contributed by atoms with Crippen molar-refractivity contribution in [2.24, 2.45) is 23.7 Å². The van der Waals surface area contributed by atoms with Crippen molar-refractivity contribution in [3.05, 3.63) is 82.2 Å². The Hall–Kier alpha value is -3.39. The standard InChI is InChI=1S/C40H48N4O3/c1-5-23-20-43(3)35-18-31-25-8-6-7-9-33(25)41-38(31)30(17-29(23)36(35)40(46)47-4)24-10-11-26-27-12-13-44-19-22-14-28(21(2)45)39(44)32(15-22)37(27)42-34(26)16-24/h5-11,16,21-22,28-30,32,35-36,39,41-42,45H,12-15,17-20H2,1-4H3/b23-5-/t21-,22+,28+,29-,30-,32-,35-,36?,39-/m0/s1. The number of para-hydroxylation sites is 1. The third-order valence-electron chi connectivity index (χ3n) is 13.2. The smallest absolute Gasteiger partial charge is 0.310 e. The van der Waals surface area contributed by atoms with Crippen molar-refractivity contribution >= 4 is 27.8 Å². The Labute approximate surface area is 277 Å². The quantitative estimate of drug-likeness (QED) is 0.187. The number of methoxy groups -OCH3 is 1. The summed E-state index contributed by atoms with van der Waals surface area (Å²) in [6, 6.07) is 16.3. The molecule has 3 N–H and O–H groups in total. The first-order valence-electron chi connectivity index (χ1n) is 17.9. The third-order valence-corrected chi connectivity index (χ3v) is 13.2. The fraction of sp³-hybridized carbons (Fsp3) is 0.525. The van der Waals surface area contributed by atoms with Crippen LogP contribution in [0.3, 0.4) is 0 Å². The summed E-state index contributed by atoms with van der Waals surface area (Å²) in [4.78, 5) is 26.6. The van der Waals surface area contributed by atoms with Crippen molar-refractivity contribution in [3.8, 4) is 0 Å². The van der Waals surface area contributed by atoms with Gasteiger partial charge in [0.15, 0.2) is 0 Å². The first-order chi connectivity index (χ1) is 22.8. The van der Waals surface area contributed by atoms with Crippen LogP contribution in [0.15, 0.2) is 54.1 Å². The van der Waals surface area contributed by atoms with Gasteiger partial charge in [0.05, 0.1) is 19.1 Å². The van der Waals surface area contributed by atoms with Crippen LogP contribution in [-0.4, -0.2) is 82.8 Å². The van der Waals surface area contributed by atoms with Gasteiger partial charge in [0.25, 0.3) is 0 Å². The molecule has 47 heavy (non-hydrogen) atoms. The highest BCUT2D eigenvalue weighted by Crippen LogP contribution is 2.52. The molecule has 6 bridgehead atoms. The van der Waals surface area contributed by atoms with Crippen LogP contribution in [0.5, 0.6) is 0 Å². The number of fused-ring (bicyclic) bond motifs is 9. The number of nitrogens with zero attached hydrogens (tertiary/aromatic N) is 2. The molecule has 3 saturated heterocycles. The summed E-state index contributed by atoms with van der Waals surface area (Å²) in [6.45, 7) is 7.26. The minimum Gasteiger partial charge on any atom is -0.469 e. The van der Waals surface area contributed by atoms with E-state index >= 15 is 0 Å². The second kappa shape index (κ2) is 11.1. The molecular weight excluding hydrogens is 584 g/mol. The molecule has 7 nitrogen and oxygen atoms in total. The number of allylic oxidation sites excluding steroid dienone is 1. The number of aromatic amines is 2. The molecule has 2 aliphatic carbocycles. The highest BCUT2D eigenvalue weighted by Gasteiger charge is 2.51. The Bertz CT molecular complexity index is 1900. The van der Waals surface area contributed by atoms with E-state index in [2.05, 4.69) is 82.3 Å². The number of aromatic nitrogens is 2. The Morgan fingerprint density at radius 3 is 2.64 bits per heavy atom. The summed E-state index contributed by atoms with van der Waals surface area (Å²) in [5, 5.41) is 13.4. The first kappa shape index (κ1) is 29.7. The first-order valence-corrected chi connectivity index (χ1v) is 17.9. The van der Waals surface area contributed by atoms with Crippen molar-refractivity contribution in [1.29, 1.82) is 0 Å². The van der Waals surface area contributed by atoms with Gasteiger partial charge in [0, 0.05) is 82.7 Å². The monoisotopic (exact) mass is 632 g/mol. The van der Waals surface area contributed by atoms with Crippen LogP contribution in [0.1, 0.15) is 73.0 Å². The summed E-state index contributed by atoms with van der Waals surface area (Å²) < 4.78 is 5.53. The topological polar surface area (TPSA) is 84.6 Å². The van der Waals surface area contributed by atoms with Crippen molar-refractivity contribution in [2.75, 3.05) is 33.8 Å². The molecule has 10 atom stereocenters. The van der Waals surface area contributed by atoms with Gasteiger partial charge < -0.3 is 19.8 Å². The average Bonchev–Trinajstić information content (AvgIpc) is 3.60. The SMILES string of the molecule is C/C=C1/CN(C)[C@H]2Cc3c([nH]c4ccccc34)[C@H](c3ccc4c5c([nH]c4c3)[C@@H]3C[C@H]4C[C@H]([C@H](C)O)[C@@H]3N(CC5)C4)C[C@@H]1C2C(=O)OC. The van der Waals surface area contributed by atoms with E-state index < -0.39 is 0 Å². The molecule has 4 aliphatic heterocycles. The number of carbonyl (C=O) groups excluding carboxylic acids is 1. The summed E-state index contributed by atoms with van der Waals surface area (Å²) >= 11 is 0. The number of rotatable bonds is 3. The lowest BCUT2D eigenvalue weighted by molar-refractivity contribution is -0.151. The van der Waals surface area contributed by atoms with Crippen molar-refractivity contribution in [2.45, 2.75) is 76.0 Å². The van der Waals surface area contributed by atoms with Crippen LogP contribution in [0.4, 0.5) is 0 Å². The number of benzene rings is 2. The van der Waals surface area contributed by atoms with E-state index in [4.69, 9.17) is 4.74 Å². The largest absolute Gasteiger partial charge is 0.469 e. The number of ether oxygens (including phenoxy) is 1. The van der Waals surface area contributed by atoms with Crippen LogP contribution in [0.25, 0.3) is 21.8 Å². The Balaban J connectivity index is 1.19. The number of esters is 1. The maximum absolute atomic E-state index is 13.6. The normalized spacial score (nSPS) is 34.8. The van der Waals surface area contributed by atoms with Crippen LogP contribution in [0, 0.1) is 23.7 Å². The van der Waals surface area contributed by atoms with E-state index in [-0.39, 0.29) is 35.9 Å². The third kappa shape index (κ3) is 4.45. The molecule has 2 aromatic carbocycles. The van der Waals surface area contributed by atoms with Gasteiger partial charge >= 0.3 is 5.97 Å². The number of carbonyl (C=O) groups is 1. The van der Waals surface area contributed by atoms with Crippen LogP contribution < -0.4 is 0 Å². The number of H-pyrrole nitrogens is 2. The molecule has 4 aromatic rings. The Morgan fingerprint density at radius 1 is 1.02 bits per heavy atom. The van der Waals surface area contributed by atoms with Gasteiger partial charge in [-0.3, -0.25) is 14.6 Å².